The zero-order chi connectivity index (χ0) is 18.1. The summed E-state index contributed by atoms with van der Waals surface area (Å²) in [5.41, 5.74) is 1.72. The quantitative estimate of drug-likeness (QED) is 0.914. The smallest absolute Gasteiger partial charge is 0.230 e. The van der Waals surface area contributed by atoms with Crippen LogP contribution in [0.2, 0.25) is 0 Å². The Bertz CT molecular complexity index is 868. The molecular weight excluding hydrogens is 334 g/mol. The maximum atomic E-state index is 12.5. The van der Waals surface area contributed by atoms with Gasteiger partial charge in [-0.2, -0.15) is 0 Å². The van der Waals surface area contributed by atoms with Crippen LogP contribution < -0.4 is 19.7 Å². The van der Waals surface area contributed by atoms with Gasteiger partial charge in [-0.15, -0.1) is 0 Å². The number of anilines is 2. The lowest BCUT2D eigenvalue weighted by atomic mass is 10.1. The minimum Gasteiger partial charge on any atom is -0.486 e. The number of rotatable bonds is 3. The Labute approximate surface area is 150 Å². The number of aryl methyl sites for hydroxylation is 1. The summed E-state index contributed by atoms with van der Waals surface area (Å²) in [5, 5.41) is 2.79. The van der Waals surface area contributed by atoms with Gasteiger partial charge in [-0.05, 0) is 36.8 Å². The molecule has 2 aliphatic heterocycles. The van der Waals surface area contributed by atoms with E-state index in [0.717, 1.165) is 5.56 Å². The molecule has 4 rings (SSSR count). The van der Waals surface area contributed by atoms with Crippen LogP contribution in [0.5, 0.6) is 11.5 Å². The number of amides is 2. The van der Waals surface area contributed by atoms with Crippen LogP contribution in [0.3, 0.4) is 0 Å². The molecule has 1 fully saturated rings. The molecule has 26 heavy (non-hydrogen) atoms. The number of nitrogens with one attached hydrogen (secondary N) is 1. The third kappa shape index (κ3) is 3.20. The average molecular weight is 353 g/mol. The minimum absolute atomic E-state index is 0.0842. The Kier molecular flexibility index (Phi) is 4.20. The van der Waals surface area contributed by atoms with Crippen molar-refractivity contribution >= 4 is 23.3 Å². The molecule has 2 aliphatic rings. The molecule has 1 atom stereocenters. The van der Waals surface area contributed by atoms with Gasteiger partial charge < -0.3 is 19.7 Å². The lowest BCUT2D eigenvalue weighted by molar-refractivity contribution is -0.122. The first kappa shape index (κ1) is 16.4. The van der Waals surface area contributed by atoms with E-state index in [2.05, 4.69) is 10.3 Å². The molecule has 0 aliphatic carbocycles. The predicted octanol–water partition coefficient (Wildman–Crippen LogP) is 2.15. The first-order chi connectivity index (χ1) is 12.6. The van der Waals surface area contributed by atoms with E-state index in [1.165, 1.54) is 0 Å². The molecule has 3 heterocycles. The molecule has 0 radical (unpaired) electrons. The van der Waals surface area contributed by atoms with Gasteiger partial charge in [0.05, 0.1) is 5.92 Å². The number of aromatic nitrogens is 1. The van der Waals surface area contributed by atoms with E-state index in [0.29, 0.717) is 42.8 Å². The molecule has 0 bridgehead atoms. The second-order valence-electron chi connectivity index (χ2n) is 6.44. The molecule has 2 aromatic rings. The van der Waals surface area contributed by atoms with Gasteiger partial charge in [-0.25, -0.2) is 4.98 Å². The third-order valence-electron chi connectivity index (χ3n) is 4.50. The molecule has 1 aromatic carbocycles. The standard InChI is InChI=1S/C19H19N3O4/c1-12-4-5-20-17(8-12)21-19(24)13-9-18(23)22(11-13)14-2-3-15-16(10-14)26-7-6-25-15/h2-5,8,10,13H,6-7,9,11H2,1H3,(H,20,21,24)/t13-/m1/s1. The van der Waals surface area contributed by atoms with Gasteiger partial charge >= 0.3 is 0 Å². The lowest BCUT2D eigenvalue weighted by Crippen LogP contribution is -2.28. The van der Waals surface area contributed by atoms with E-state index >= 15 is 0 Å². The van der Waals surface area contributed by atoms with Gasteiger partial charge in [0.25, 0.3) is 0 Å². The molecule has 1 N–H and O–H groups in total. The Morgan fingerprint density at radius 2 is 2.00 bits per heavy atom. The first-order valence-corrected chi connectivity index (χ1v) is 8.54. The number of ether oxygens (including phenoxy) is 2. The summed E-state index contributed by atoms with van der Waals surface area (Å²) in [6.07, 6.45) is 1.82. The van der Waals surface area contributed by atoms with Crippen LogP contribution in [-0.2, 0) is 9.59 Å². The molecule has 1 saturated heterocycles. The monoisotopic (exact) mass is 353 g/mol. The molecule has 7 nitrogen and oxygen atoms in total. The molecule has 0 spiro atoms. The van der Waals surface area contributed by atoms with E-state index in [9.17, 15) is 9.59 Å². The van der Waals surface area contributed by atoms with E-state index in [-0.39, 0.29) is 18.2 Å². The first-order valence-electron chi connectivity index (χ1n) is 8.54. The van der Waals surface area contributed by atoms with Crippen molar-refractivity contribution < 1.29 is 19.1 Å². The fourth-order valence-electron chi connectivity index (χ4n) is 3.17. The van der Waals surface area contributed by atoms with Crippen molar-refractivity contribution in [3.8, 4) is 11.5 Å². The molecule has 1 aromatic heterocycles. The van der Waals surface area contributed by atoms with Gasteiger partial charge in [-0.1, -0.05) is 0 Å². The van der Waals surface area contributed by atoms with E-state index in [1.54, 1.807) is 29.3 Å². The topological polar surface area (TPSA) is 80.8 Å². The maximum absolute atomic E-state index is 12.5. The highest BCUT2D eigenvalue weighted by Gasteiger charge is 2.35. The SMILES string of the molecule is Cc1ccnc(NC(=O)[C@@H]2CC(=O)N(c3ccc4c(c3)OCCO4)C2)c1. The molecule has 7 heteroatoms. The summed E-state index contributed by atoms with van der Waals surface area (Å²) in [6.45, 7) is 3.26. The number of benzene rings is 1. The van der Waals surface area contributed by atoms with Crippen LogP contribution in [0.15, 0.2) is 36.5 Å². The van der Waals surface area contributed by atoms with E-state index < -0.39 is 5.92 Å². The summed E-state index contributed by atoms with van der Waals surface area (Å²) in [7, 11) is 0. The average Bonchev–Trinajstić information content (AvgIpc) is 3.03. The minimum atomic E-state index is -0.419. The Hall–Kier alpha value is -3.09. The van der Waals surface area contributed by atoms with Crippen LogP contribution in [0.1, 0.15) is 12.0 Å². The summed E-state index contributed by atoms with van der Waals surface area (Å²) in [5.74, 6) is 1.10. The second-order valence-corrected chi connectivity index (χ2v) is 6.44. The Morgan fingerprint density at radius 3 is 2.81 bits per heavy atom. The number of carbonyl (C=O) groups is 2. The Balaban J connectivity index is 1.47. The van der Waals surface area contributed by atoms with Gasteiger partial charge in [0, 0.05) is 30.9 Å². The molecule has 2 amide bonds. The Morgan fingerprint density at radius 1 is 1.19 bits per heavy atom. The summed E-state index contributed by atoms with van der Waals surface area (Å²) in [4.78, 5) is 30.7. The predicted molar refractivity (Wildman–Crippen MR) is 95.5 cm³/mol. The van der Waals surface area contributed by atoms with Crippen molar-refractivity contribution in [3.63, 3.8) is 0 Å². The fraction of sp³-hybridized carbons (Fsp3) is 0.316. The van der Waals surface area contributed by atoms with Crippen LogP contribution in [0, 0.1) is 12.8 Å². The molecule has 134 valence electrons. The van der Waals surface area contributed by atoms with Crippen LogP contribution in [0.25, 0.3) is 0 Å². The van der Waals surface area contributed by atoms with E-state index in [1.807, 2.05) is 19.1 Å². The highest BCUT2D eigenvalue weighted by molar-refractivity contribution is 6.03. The molecule has 0 unspecified atom stereocenters. The molecular formula is C19H19N3O4. The summed E-state index contributed by atoms with van der Waals surface area (Å²) >= 11 is 0. The van der Waals surface area contributed by atoms with Crippen molar-refractivity contribution in [2.24, 2.45) is 5.92 Å². The summed E-state index contributed by atoms with van der Waals surface area (Å²) < 4.78 is 11.1. The van der Waals surface area contributed by atoms with Crippen LogP contribution in [-0.4, -0.2) is 36.6 Å². The number of nitrogens with zero attached hydrogens (tertiary/aromatic N) is 2. The third-order valence-corrected chi connectivity index (χ3v) is 4.50. The van der Waals surface area contributed by atoms with Crippen molar-refractivity contribution in [2.45, 2.75) is 13.3 Å². The van der Waals surface area contributed by atoms with Crippen molar-refractivity contribution in [1.29, 1.82) is 0 Å². The second kappa shape index (κ2) is 6.67. The van der Waals surface area contributed by atoms with Crippen molar-refractivity contribution in [1.82, 2.24) is 4.98 Å². The summed E-state index contributed by atoms with van der Waals surface area (Å²) in [6, 6.07) is 9.05. The number of fused-ring (bicyclic) bond motifs is 1. The van der Waals surface area contributed by atoms with E-state index in [4.69, 9.17) is 9.47 Å². The van der Waals surface area contributed by atoms with Crippen molar-refractivity contribution in [3.05, 3.63) is 42.1 Å². The zero-order valence-corrected chi connectivity index (χ0v) is 14.4. The number of carbonyl (C=O) groups excluding carboxylic acids is 2. The normalized spacial score (nSPS) is 18.7. The lowest BCUT2D eigenvalue weighted by Gasteiger charge is -2.22. The number of hydrogen-bond acceptors (Lipinski definition) is 5. The number of pyridine rings is 1. The van der Waals surface area contributed by atoms with Gasteiger partial charge in [-0.3, -0.25) is 9.59 Å². The van der Waals surface area contributed by atoms with Gasteiger partial charge in [0.15, 0.2) is 11.5 Å². The van der Waals surface area contributed by atoms with Crippen LogP contribution in [0.4, 0.5) is 11.5 Å². The number of hydrogen-bond donors (Lipinski definition) is 1. The van der Waals surface area contributed by atoms with Gasteiger partial charge in [0.2, 0.25) is 11.8 Å². The highest BCUT2D eigenvalue weighted by atomic mass is 16.6. The fourth-order valence-corrected chi connectivity index (χ4v) is 3.17. The molecule has 0 saturated carbocycles. The maximum Gasteiger partial charge on any atom is 0.230 e. The van der Waals surface area contributed by atoms with Gasteiger partial charge in [0.1, 0.15) is 19.0 Å². The van der Waals surface area contributed by atoms with Crippen LogP contribution >= 0.6 is 0 Å². The largest absolute Gasteiger partial charge is 0.486 e. The zero-order valence-electron chi connectivity index (χ0n) is 14.4. The van der Waals surface area contributed by atoms with Crippen molar-refractivity contribution in [2.75, 3.05) is 30.0 Å². The highest BCUT2D eigenvalue weighted by Crippen LogP contribution is 2.36.